The first kappa shape index (κ1) is 14.5. The largest absolute Gasteiger partial charge is 0.432 e. The average molecular weight is 325 g/mol. The number of aryl methyl sites for hydroxylation is 1. The number of rotatable bonds is 3. The SMILES string of the molecule is Cc1nn(-c2ccc(N)cc2OC(F)F)c2cc(Cl)ncc12. The van der Waals surface area contributed by atoms with Gasteiger partial charge in [-0.1, -0.05) is 11.6 Å². The minimum atomic E-state index is -2.96. The number of anilines is 1. The molecule has 0 aliphatic heterocycles. The fourth-order valence-electron chi connectivity index (χ4n) is 2.21. The molecule has 0 saturated carbocycles. The molecule has 5 nitrogen and oxygen atoms in total. The van der Waals surface area contributed by atoms with Crippen molar-refractivity contribution in [2.24, 2.45) is 0 Å². The van der Waals surface area contributed by atoms with Crippen LogP contribution in [0.5, 0.6) is 5.75 Å². The lowest BCUT2D eigenvalue weighted by molar-refractivity contribution is -0.0498. The molecule has 114 valence electrons. The average Bonchev–Trinajstić information content (AvgIpc) is 2.75. The maximum absolute atomic E-state index is 12.6. The van der Waals surface area contributed by atoms with E-state index in [0.29, 0.717) is 22.6 Å². The van der Waals surface area contributed by atoms with Crippen molar-refractivity contribution >= 4 is 28.2 Å². The highest BCUT2D eigenvalue weighted by molar-refractivity contribution is 6.30. The highest BCUT2D eigenvalue weighted by Crippen LogP contribution is 2.31. The second-order valence-corrected chi connectivity index (χ2v) is 5.01. The molecule has 8 heteroatoms. The molecule has 0 aliphatic rings. The van der Waals surface area contributed by atoms with Crippen LogP contribution in [0.15, 0.2) is 30.5 Å². The topological polar surface area (TPSA) is 66.0 Å². The van der Waals surface area contributed by atoms with Crippen molar-refractivity contribution in [1.82, 2.24) is 14.8 Å². The van der Waals surface area contributed by atoms with Crippen molar-refractivity contribution in [2.75, 3.05) is 5.73 Å². The Balaban J connectivity index is 2.25. The van der Waals surface area contributed by atoms with E-state index >= 15 is 0 Å². The van der Waals surface area contributed by atoms with Crippen LogP contribution in [0.3, 0.4) is 0 Å². The number of nitrogens with two attached hydrogens (primary N) is 1. The third-order valence-corrected chi connectivity index (χ3v) is 3.35. The Kier molecular flexibility index (Phi) is 3.58. The molecule has 0 amide bonds. The van der Waals surface area contributed by atoms with Gasteiger partial charge in [-0.25, -0.2) is 9.67 Å². The molecule has 2 N–H and O–H groups in total. The van der Waals surface area contributed by atoms with Crippen LogP contribution in [-0.2, 0) is 0 Å². The highest BCUT2D eigenvalue weighted by Gasteiger charge is 2.16. The summed E-state index contributed by atoms with van der Waals surface area (Å²) in [6, 6.07) is 6.08. The van der Waals surface area contributed by atoms with E-state index in [1.807, 2.05) is 0 Å². The molecule has 3 aromatic rings. The van der Waals surface area contributed by atoms with Crippen LogP contribution >= 0.6 is 11.6 Å². The van der Waals surface area contributed by atoms with E-state index in [4.69, 9.17) is 17.3 Å². The van der Waals surface area contributed by atoms with Gasteiger partial charge in [-0.15, -0.1) is 0 Å². The zero-order chi connectivity index (χ0) is 15.9. The first-order chi connectivity index (χ1) is 10.5. The molecule has 0 spiro atoms. The Morgan fingerprint density at radius 2 is 2.09 bits per heavy atom. The number of nitrogen functional groups attached to an aromatic ring is 1. The van der Waals surface area contributed by atoms with Crippen molar-refractivity contribution in [1.29, 1.82) is 0 Å². The van der Waals surface area contributed by atoms with Crippen molar-refractivity contribution < 1.29 is 13.5 Å². The summed E-state index contributed by atoms with van der Waals surface area (Å²) in [5, 5.41) is 5.40. The Morgan fingerprint density at radius 3 is 2.82 bits per heavy atom. The molecule has 2 heterocycles. The Morgan fingerprint density at radius 1 is 1.32 bits per heavy atom. The molecule has 0 atom stereocenters. The number of aromatic nitrogens is 3. The van der Waals surface area contributed by atoms with E-state index in [1.54, 1.807) is 31.3 Å². The first-order valence-electron chi connectivity index (χ1n) is 6.31. The summed E-state index contributed by atoms with van der Waals surface area (Å²) in [4.78, 5) is 4.00. The molecule has 0 fully saturated rings. The van der Waals surface area contributed by atoms with Crippen LogP contribution in [-0.4, -0.2) is 21.4 Å². The highest BCUT2D eigenvalue weighted by atomic mass is 35.5. The van der Waals surface area contributed by atoms with Crippen molar-refractivity contribution in [2.45, 2.75) is 13.5 Å². The monoisotopic (exact) mass is 324 g/mol. The Labute approximate surface area is 129 Å². The zero-order valence-corrected chi connectivity index (χ0v) is 12.2. The van der Waals surface area contributed by atoms with E-state index in [0.717, 1.165) is 5.39 Å². The van der Waals surface area contributed by atoms with E-state index in [1.165, 1.54) is 10.7 Å². The standard InChI is InChI=1S/C14H11ClF2N4O/c1-7-9-6-19-13(15)5-11(9)21(20-7)10-3-2-8(18)4-12(10)22-14(16)17/h2-6,14H,18H2,1H3. The first-order valence-corrected chi connectivity index (χ1v) is 6.69. The number of fused-ring (bicyclic) bond motifs is 1. The fraction of sp³-hybridized carbons (Fsp3) is 0.143. The van der Waals surface area contributed by atoms with Gasteiger partial charge in [-0.2, -0.15) is 13.9 Å². The van der Waals surface area contributed by atoms with Crippen LogP contribution in [0.2, 0.25) is 5.15 Å². The van der Waals surface area contributed by atoms with Crippen molar-refractivity contribution in [3.63, 3.8) is 0 Å². The van der Waals surface area contributed by atoms with Crippen LogP contribution in [0.1, 0.15) is 5.69 Å². The number of benzene rings is 1. The molecular formula is C14H11ClF2N4O. The lowest BCUT2D eigenvalue weighted by Crippen LogP contribution is -2.07. The van der Waals surface area contributed by atoms with E-state index < -0.39 is 6.61 Å². The molecule has 2 aromatic heterocycles. The summed E-state index contributed by atoms with van der Waals surface area (Å²) in [6.45, 7) is -1.17. The Bertz CT molecular complexity index is 850. The van der Waals surface area contributed by atoms with Gasteiger partial charge in [0.15, 0.2) is 5.75 Å². The lowest BCUT2D eigenvalue weighted by atomic mass is 10.2. The van der Waals surface area contributed by atoms with Gasteiger partial charge in [0.1, 0.15) is 10.8 Å². The minimum absolute atomic E-state index is 0.0627. The summed E-state index contributed by atoms with van der Waals surface area (Å²) in [5.41, 5.74) is 7.63. The second-order valence-electron chi connectivity index (χ2n) is 4.63. The molecule has 0 bridgehead atoms. The number of hydrogen-bond acceptors (Lipinski definition) is 4. The van der Waals surface area contributed by atoms with Gasteiger partial charge in [0.2, 0.25) is 0 Å². The molecule has 3 rings (SSSR count). The van der Waals surface area contributed by atoms with Crippen molar-refractivity contribution in [3.05, 3.63) is 41.3 Å². The molecule has 0 saturated heterocycles. The maximum Gasteiger partial charge on any atom is 0.387 e. The maximum atomic E-state index is 12.6. The van der Waals surface area contributed by atoms with Gasteiger partial charge in [0.05, 0.1) is 11.2 Å². The lowest BCUT2D eigenvalue weighted by Gasteiger charge is -2.12. The summed E-state index contributed by atoms with van der Waals surface area (Å²) in [6.07, 6.45) is 1.58. The predicted octanol–water partition coefficient (Wildman–Crippen LogP) is 3.57. The van der Waals surface area contributed by atoms with Crippen LogP contribution in [0, 0.1) is 6.92 Å². The normalized spacial score (nSPS) is 11.3. The van der Waals surface area contributed by atoms with Gasteiger partial charge < -0.3 is 10.5 Å². The van der Waals surface area contributed by atoms with Gasteiger partial charge >= 0.3 is 6.61 Å². The summed E-state index contributed by atoms with van der Waals surface area (Å²) >= 11 is 5.91. The molecule has 22 heavy (non-hydrogen) atoms. The molecule has 0 unspecified atom stereocenters. The Hall–Kier alpha value is -2.41. The number of alkyl halides is 2. The number of halogens is 3. The number of nitrogens with zero attached hydrogens (tertiary/aromatic N) is 3. The van der Waals surface area contributed by atoms with Crippen LogP contribution < -0.4 is 10.5 Å². The predicted molar refractivity (Wildman–Crippen MR) is 79.7 cm³/mol. The van der Waals surface area contributed by atoms with Gasteiger partial charge in [-0.3, -0.25) is 0 Å². The molecule has 0 radical (unpaired) electrons. The third-order valence-electron chi connectivity index (χ3n) is 3.14. The van der Waals surface area contributed by atoms with E-state index in [2.05, 4.69) is 14.8 Å². The molecule has 1 aromatic carbocycles. The van der Waals surface area contributed by atoms with E-state index in [9.17, 15) is 8.78 Å². The zero-order valence-electron chi connectivity index (χ0n) is 11.4. The van der Waals surface area contributed by atoms with Gasteiger partial charge in [-0.05, 0) is 19.1 Å². The van der Waals surface area contributed by atoms with Crippen molar-refractivity contribution in [3.8, 4) is 11.4 Å². The number of hydrogen-bond donors (Lipinski definition) is 1. The molecular weight excluding hydrogens is 314 g/mol. The fourth-order valence-corrected chi connectivity index (χ4v) is 2.36. The van der Waals surface area contributed by atoms with Crippen LogP contribution in [0.25, 0.3) is 16.6 Å². The molecule has 0 aliphatic carbocycles. The number of ether oxygens (including phenoxy) is 1. The summed E-state index contributed by atoms with van der Waals surface area (Å²) in [5.74, 6) is -0.0627. The number of pyridine rings is 1. The second kappa shape index (κ2) is 5.42. The third kappa shape index (κ3) is 2.55. The van der Waals surface area contributed by atoms with E-state index in [-0.39, 0.29) is 10.9 Å². The smallest absolute Gasteiger partial charge is 0.387 e. The quantitative estimate of drug-likeness (QED) is 0.591. The van der Waals surface area contributed by atoms with Gasteiger partial charge in [0, 0.05) is 29.4 Å². The van der Waals surface area contributed by atoms with Gasteiger partial charge in [0.25, 0.3) is 0 Å². The minimum Gasteiger partial charge on any atom is -0.432 e. The summed E-state index contributed by atoms with van der Waals surface area (Å²) in [7, 11) is 0. The van der Waals surface area contributed by atoms with Crippen LogP contribution in [0.4, 0.5) is 14.5 Å². The summed E-state index contributed by atoms with van der Waals surface area (Å²) < 4.78 is 31.2.